The second-order valence-corrected chi connectivity index (χ2v) is 8.88. The zero-order valence-corrected chi connectivity index (χ0v) is 15.7. The van der Waals surface area contributed by atoms with Gasteiger partial charge in [0.15, 0.2) is 5.03 Å². The van der Waals surface area contributed by atoms with Crippen molar-refractivity contribution < 1.29 is 8.42 Å². The predicted octanol–water partition coefficient (Wildman–Crippen LogP) is 3.18. The van der Waals surface area contributed by atoms with E-state index in [0.29, 0.717) is 11.3 Å². The van der Waals surface area contributed by atoms with Crippen LogP contribution in [0.3, 0.4) is 0 Å². The molecule has 2 heterocycles. The molecule has 5 nitrogen and oxygen atoms in total. The van der Waals surface area contributed by atoms with Crippen LogP contribution in [-0.2, 0) is 16.4 Å². The van der Waals surface area contributed by atoms with Crippen LogP contribution in [0.5, 0.6) is 0 Å². The van der Waals surface area contributed by atoms with Gasteiger partial charge in [0.25, 0.3) is 0 Å². The molecule has 2 aromatic carbocycles. The maximum atomic E-state index is 13.2. The fraction of sp³-hybridized carbons (Fsp3) is 0.350. The average molecular weight is 369 g/mol. The molecule has 6 heteroatoms. The second-order valence-electron chi connectivity index (χ2n) is 7.02. The molecule has 0 bridgehead atoms. The number of hydrogen-bond acceptors (Lipinski definition) is 4. The van der Waals surface area contributed by atoms with Gasteiger partial charge in [0.1, 0.15) is 0 Å². The Morgan fingerprint density at radius 1 is 1.12 bits per heavy atom. The minimum Gasteiger partial charge on any atom is -0.317 e. The summed E-state index contributed by atoms with van der Waals surface area (Å²) in [4.78, 5) is 0.286. The first-order valence-corrected chi connectivity index (χ1v) is 10.5. The molecule has 1 N–H and O–H groups in total. The Morgan fingerprint density at radius 2 is 1.85 bits per heavy atom. The van der Waals surface area contributed by atoms with Gasteiger partial charge in [-0.15, -0.1) is 0 Å². The third-order valence-electron chi connectivity index (χ3n) is 5.07. The number of aromatic nitrogens is 2. The lowest BCUT2D eigenvalue weighted by Gasteiger charge is -2.22. The summed E-state index contributed by atoms with van der Waals surface area (Å²) in [5.41, 5.74) is 2.01. The van der Waals surface area contributed by atoms with Crippen molar-refractivity contribution >= 4 is 20.7 Å². The highest BCUT2D eigenvalue weighted by Crippen LogP contribution is 2.29. The van der Waals surface area contributed by atoms with Crippen molar-refractivity contribution in [1.29, 1.82) is 0 Å². The maximum absolute atomic E-state index is 13.2. The molecule has 1 aliphatic heterocycles. The topological polar surface area (TPSA) is 64.0 Å². The number of sulfone groups is 1. The molecule has 0 aliphatic carbocycles. The molecule has 0 radical (unpaired) electrons. The van der Waals surface area contributed by atoms with Crippen LogP contribution in [0.25, 0.3) is 10.9 Å². The highest BCUT2D eigenvalue weighted by Gasteiger charge is 2.26. The van der Waals surface area contributed by atoms with Gasteiger partial charge >= 0.3 is 0 Å². The summed E-state index contributed by atoms with van der Waals surface area (Å²) in [7, 11) is -3.64. The van der Waals surface area contributed by atoms with E-state index >= 15 is 0 Å². The minimum absolute atomic E-state index is 0.160. The first-order valence-electron chi connectivity index (χ1n) is 9.04. The van der Waals surface area contributed by atoms with Crippen LogP contribution in [0.15, 0.2) is 58.5 Å². The van der Waals surface area contributed by atoms with Crippen LogP contribution >= 0.6 is 0 Å². The summed E-state index contributed by atoms with van der Waals surface area (Å²) in [6.07, 6.45) is 2.18. The summed E-state index contributed by atoms with van der Waals surface area (Å²) in [6, 6.07) is 14.4. The average Bonchev–Trinajstić information content (AvgIpc) is 3.02. The molecule has 4 rings (SSSR count). The van der Waals surface area contributed by atoms with Crippen LogP contribution < -0.4 is 5.32 Å². The summed E-state index contributed by atoms with van der Waals surface area (Å²) in [5, 5.41) is 8.82. The van der Waals surface area contributed by atoms with E-state index in [0.717, 1.165) is 43.6 Å². The van der Waals surface area contributed by atoms with Crippen LogP contribution in [0.1, 0.15) is 18.4 Å². The monoisotopic (exact) mass is 369 g/mol. The number of nitrogens with zero attached hydrogens (tertiary/aromatic N) is 2. The Balaban J connectivity index is 1.83. The van der Waals surface area contributed by atoms with Crippen molar-refractivity contribution in [1.82, 2.24) is 15.1 Å². The van der Waals surface area contributed by atoms with E-state index in [-0.39, 0.29) is 9.92 Å². The third-order valence-corrected chi connectivity index (χ3v) is 6.77. The number of piperidine rings is 1. The van der Waals surface area contributed by atoms with Crippen molar-refractivity contribution in [2.45, 2.75) is 36.2 Å². The highest BCUT2D eigenvalue weighted by atomic mass is 32.2. The molecule has 0 amide bonds. The molecule has 0 atom stereocenters. The summed E-state index contributed by atoms with van der Waals surface area (Å²) in [6.45, 7) is 4.80. The van der Waals surface area contributed by atoms with Gasteiger partial charge in [0, 0.05) is 11.9 Å². The first kappa shape index (κ1) is 17.2. The Morgan fingerprint density at radius 3 is 2.58 bits per heavy atom. The molecular formula is C20H23N3O2S. The van der Waals surface area contributed by atoms with Crippen LogP contribution in [0.2, 0.25) is 0 Å². The van der Waals surface area contributed by atoms with Gasteiger partial charge in [-0.3, -0.25) is 4.68 Å². The Bertz CT molecular complexity index is 1020. The lowest BCUT2D eigenvalue weighted by Crippen LogP contribution is -2.30. The van der Waals surface area contributed by atoms with Crippen molar-refractivity contribution in [3.05, 3.63) is 54.1 Å². The van der Waals surface area contributed by atoms with Gasteiger partial charge in [-0.1, -0.05) is 24.3 Å². The largest absolute Gasteiger partial charge is 0.317 e. The maximum Gasteiger partial charge on any atom is 0.226 e. The fourth-order valence-electron chi connectivity index (χ4n) is 3.61. The Labute approximate surface area is 154 Å². The zero-order valence-electron chi connectivity index (χ0n) is 14.9. The number of fused-ring (bicyclic) bond motifs is 1. The normalized spacial score (nSPS) is 16.2. The number of benzene rings is 2. The van der Waals surface area contributed by atoms with Crippen molar-refractivity contribution in [3.63, 3.8) is 0 Å². The fourth-order valence-corrected chi connectivity index (χ4v) is 5.02. The Hall–Kier alpha value is -2.18. The number of aryl methyl sites for hydroxylation is 1. The number of hydrogen-bond donors (Lipinski definition) is 1. The molecule has 1 aliphatic rings. The lowest BCUT2D eigenvalue weighted by atomic mass is 9.98. The molecule has 0 saturated carbocycles. The summed E-state index contributed by atoms with van der Waals surface area (Å²) >= 11 is 0. The van der Waals surface area contributed by atoms with E-state index in [4.69, 9.17) is 0 Å². The molecule has 26 heavy (non-hydrogen) atoms. The van der Waals surface area contributed by atoms with E-state index in [2.05, 4.69) is 10.4 Å². The SMILES string of the molecule is Cc1ccc2c(S(=O)(=O)c3ccccc3)nn(CC3CCNCC3)c2c1. The van der Waals surface area contributed by atoms with Gasteiger partial charge < -0.3 is 5.32 Å². The highest BCUT2D eigenvalue weighted by molar-refractivity contribution is 7.91. The van der Waals surface area contributed by atoms with Gasteiger partial charge in [0.05, 0.1) is 10.4 Å². The van der Waals surface area contributed by atoms with Crippen molar-refractivity contribution in [2.75, 3.05) is 13.1 Å². The molecule has 1 fully saturated rings. The summed E-state index contributed by atoms with van der Waals surface area (Å²) in [5.74, 6) is 0.521. The van der Waals surface area contributed by atoms with Crippen LogP contribution in [0, 0.1) is 12.8 Å². The Kier molecular flexibility index (Phi) is 4.54. The van der Waals surface area contributed by atoms with Crippen molar-refractivity contribution in [2.24, 2.45) is 5.92 Å². The zero-order chi connectivity index (χ0) is 18.1. The molecule has 0 spiro atoms. The predicted molar refractivity (Wildman–Crippen MR) is 102 cm³/mol. The number of nitrogens with one attached hydrogen (secondary N) is 1. The quantitative estimate of drug-likeness (QED) is 0.767. The molecule has 136 valence electrons. The van der Waals surface area contributed by atoms with E-state index in [1.165, 1.54) is 0 Å². The molecule has 1 saturated heterocycles. The van der Waals surface area contributed by atoms with Gasteiger partial charge in [-0.05, 0) is 68.6 Å². The number of rotatable bonds is 4. The second kappa shape index (κ2) is 6.85. The molecular weight excluding hydrogens is 346 g/mol. The van der Waals surface area contributed by atoms with Gasteiger partial charge in [0.2, 0.25) is 9.84 Å². The molecule has 3 aromatic rings. The van der Waals surface area contributed by atoms with Gasteiger partial charge in [-0.25, -0.2) is 8.42 Å². The summed E-state index contributed by atoms with van der Waals surface area (Å²) < 4.78 is 28.2. The van der Waals surface area contributed by atoms with E-state index in [1.54, 1.807) is 24.3 Å². The first-order chi connectivity index (χ1) is 12.6. The third kappa shape index (κ3) is 3.15. The smallest absolute Gasteiger partial charge is 0.226 e. The standard InChI is InChI=1S/C20H23N3O2S/c1-15-7-8-18-19(13-15)23(14-16-9-11-21-12-10-16)22-20(18)26(24,25)17-5-3-2-4-6-17/h2-8,13,16,21H,9-12,14H2,1H3. The van der Waals surface area contributed by atoms with E-state index in [1.807, 2.05) is 35.9 Å². The lowest BCUT2D eigenvalue weighted by molar-refractivity contribution is 0.323. The van der Waals surface area contributed by atoms with Gasteiger partial charge in [-0.2, -0.15) is 5.10 Å². The van der Waals surface area contributed by atoms with E-state index < -0.39 is 9.84 Å². The molecule has 1 aromatic heterocycles. The van der Waals surface area contributed by atoms with Crippen molar-refractivity contribution in [3.8, 4) is 0 Å². The minimum atomic E-state index is -3.64. The van der Waals surface area contributed by atoms with Crippen LogP contribution in [-0.4, -0.2) is 31.3 Å². The van der Waals surface area contributed by atoms with Crippen LogP contribution in [0.4, 0.5) is 0 Å². The van der Waals surface area contributed by atoms with E-state index in [9.17, 15) is 8.42 Å². The molecule has 0 unspecified atom stereocenters.